The molecule has 4 rings (SSSR count). The van der Waals surface area contributed by atoms with Gasteiger partial charge in [0.2, 0.25) is 0 Å². The number of rotatable bonds is 3. The highest BCUT2D eigenvalue weighted by Crippen LogP contribution is 2.23. The molecule has 0 heterocycles. The predicted octanol–water partition coefficient (Wildman–Crippen LogP) is 7.07. The van der Waals surface area contributed by atoms with Gasteiger partial charge in [-0.2, -0.15) is 0 Å². The van der Waals surface area contributed by atoms with E-state index in [2.05, 4.69) is 110 Å². The lowest BCUT2D eigenvalue weighted by Gasteiger charge is -2.13. The van der Waals surface area contributed by atoms with Gasteiger partial charge in [0, 0.05) is 11.3 Å². The number of nitrogens with zero attached hydrogens (tertiary/aromatic N) is 1. The zero-order valence-corrected chi connectivity index (χ0v) is 16.8. The van der Waals surface area contributed by atoms with Crippen molar-refractivity contribution in [1.29, 1.82) is 0 Å². The van der Waals surface area contributed by atoms with Crippen molar-refractivity contribution in [2.75, 3.05) is 5.32 Å². The molecule has 0 unspecified atom stereocenters. The summed E-state index contributed by atoms with van der Waals surface area (Å²) in [5.41, 5.74) is 5.52. The molecule has 0 fully saturated rings. The van der Waals surface area contributed by atoms with Crippen molar-refractivity contribution in [2.24, 2.45) is 4.99 Å². The highest BCUT2D eigenvalue weighted by atomic mass is 35.5. The first-order chi connectivity index (χ1) is 13.2. The molecule has 4 aromatic rings. The molecule has 0 aromatic heterocycles. The van der Waals surface area contributed by atoms with Crippen LogP contribution in [0.15, 0.2) is 96.0 Å². The van der Waals surface area contributed by atoms with Crippen molar-refractivity contribution in [3.05, 3.63) is 108 Å². The van der Waals surface area contributed by atoms with Crippen LogP contribution in [-0.4, -0.2) is 5.84 Å². The van der Waals surface area contributed by atoms with Crippen LogP contribution < -0.4 is 5.32 Å². The molecular formula is C25H23ClN2. The van der Waals surface area contributed by atoms with Gasteiger partial charge >= 0.3 is 0 Å². The summed E-state index contributed by atoms with van der Waals surface area (Å²) in [7, 11) is 0. The maximum Gasteiger partial charge on any atom is 0.138 e. The normalized spacial score (nSPS) is 11.1. The van der Waals surface area contributed by atoms with Crippen LogP contribution >= 0.6 is 12.4 Å². The van der Waals surface area contributed by atoms with Gasteiger partial charge in [0.25, 0.3) is 0 Å². The van der Waals surface area contributed by atoms with Gasteiger partial charge in [-0.1, -0.05) is 77.9 Å². The van der Waals surface area contributed by atoms with Gasteiger partial charge < -0.3 is 5.32 Å². The molecule has 0 saturated heterocycles. The minimum atomic E-state index is 0. The lowest BCUT2D eigenvalue weighted by atomic mass is 10.0. The molecule has 28 heavy (non-hydrogen) atoms. The number of benzene rings is 4. The smallest absolute Gasteiger partial charge is 0.138 e. The van der Waals surface area contributed by atoms with Crippen LogP contribution in [0, 0.1) is 13.8 Å². The number of nitrogens with one attached hydrogen (secondary N) is 1. The molecule has 1 N–H and O–H groups in total. The average molecular weight is 387 g/mol. The largest absolute Gasteiger partial charge is 0.340 e. The number of hydrogen-bond donors (Lipinski definition) is 1. The molecular weight excluding hydrogens is 364 g/mol. The molecule has 4 aromatic carbocycles. The third-order valence-corrected chi connectivity index (χ3v) is 4.63. The standard InChI is InChI=1S/C25H22N2.ClH/c1-18-10-14-21(15-11-18)26-25(27-22-16-12-19(2)13-17-22)24-9-5-7-20-6-3-4-8-23(20)24;/h3-17H,1-2H3,(H,26,27);1H. The van der Waals surface area contributed by atoms with Gasteiger partial charge in [-0.3, -0.25) is 0 Å². The molecule has 0 radical (unpaired) electrons. The Bertz CT molecular complexity index is 1090. The maximum absolute atomic E-state index is 4.94. The van der Waals surface area contributed by atoms with E-state index in [0.29, 0.717) is 0 Å². The first-order valence-corrected chi connectivity index (χ1v) is 9.16. The highest BCUT2D eigenvalue weighted by Gasteiger charge is 2.09. The van der Waals surface area contributed by atoms with E-state index in [4.69, 9.17) is 4.99 Å². The van der Waals surface area contributed by atoms with Crippen molar-refractivity contribution in [3.8, 4) is 0 Å². The Morgan fingerprint density at radius 2 is 1.29 bits per heavy atom. The van der Waals surface area contributed by atoms with Crippen LogP contribution in [0.1, 0.15) is 16.7 Å². The van der Waals surface area contributed by atoms with Crippen molar-refractivity contribution >= 4 is 40.4 Å². The lowest BCUT2D eigenvalue weighted by molar-refractivity contribution is 1.42. The molecule has 0 aliphatic rings. The second-order valence-electron chi connectivity index (χ2n) is 6.81. The van der Waals surface area contributed by atoms with E-state index in [0.717, 1.165) is 22.8 Å². The lowest BCUT2D eigenvalue weighted by Crippen LogP contribution is -2.14. The van der Waals surface area contributed by atoms with E-state index in [1.807, 2.05) is 0 Å². The highest BCUT2D eigenvalue weighted by molar-refractivity contribution is 6.16. The fourth-order valence-electron chi connectivity index (χ4n) is 3.11. The number of aliphatic imine (C=N–C) groups is 1. The first kappa shape index (κ1) is 19.7. The van der Waals surface area contributed by atoms with Gasteiger partial charge in [0.05, 0.1) is 5.69 Å². The van der Waals surface area contributed by atoms with Crippen molar-refractivity contribution in [2.45, 2.75) is 13.8 Å². The van der Waals surface area contributed by atoms with Gasteiger partial charge in [0.1, 0.15) is 5.84 Å². The predicted molar refractivity (Wildman–Crippen MR) is 123 cm³/mol. The number of amidine groups is 1. The van der Waals surface area contributed by atoms with Crippen LogP contribution in [0.2, 0.25) is 0 Å². The summed E-state index contributed by atoms with van der Waals surface area (Å²) >= 11 is 0. The third kappa shape index (κ3) is 4.41. The van der Waals surface area contributed by atoms with Crippen LogP contribution in [-0.2, 0) is 0 Å². The van der Waals surface area contributed by atoms with E-state index < -0.39 is 0 Å². The molecule has 0 amide bonds. The minimum absolute atomic E-state index is 0. The Balaban J connectivity index is 0.00000225. The fourth-order valence-corrected chi connectivity index (χ4v) is 3.11. The molecule has 0 aliphatic carbocycles. The van der Waals surface area contributed by atoms with E-state index in [9.17, 15) is 0 Å². The monoisotopic (exact) mass is 386 g/mol. The van der Waals surface area contributed by atoms with Crippen molar-refractivity contribution in [3.63, 3.8) is 0 Å². The molecule has 0 aliphatic heterocycles. The minimum Gasteiger partial charge on any atom is -0.340 e. The summed E-state index contributed by atoms with van der Waals surface area (Å²) in [5.74, 6) is 0.847. The van der Waals surface area contributed by atoms with Crippen molar-refractivity contribution in [1.82, 2.24) is 0 Å². The Morgan fingerprint density at radius 1 is 0.679 bits per heavy atom. The van der Waals surface area contributed by atoms with Crippen LogP contribution in [0.5, 0.6) is 0 Å². The molecule has 2 nitrogen and oxygen atoms in total. The summed E-state index contributed by atoms with van der Waals surface area (Å²) in [6.45, 7) is 4.18. The fraction of sp³-hybridized carbons (Fsp3) is 0.0800. The molecule has 0 spiro atoms. The zero-order valence-electron chi connectivity index (χ0n) is 16.0. The number of aryl methyl sites for hydroxylation is 2. The van der Waals surface area contributed by atoms with Gasteiger partial charge in [-0.05, 0) is 48.9 Å². The number of fused-ring (bicyclic) bond motifs is 1. The zero-order chi connectivity index (χ0) is 18.6. The summed E-state index contributed by atoms with van der Waals surface area (Å²) in [6.07, 6.45) is 0. The summed E-state index contributed by atoms with van der Waals surface area (Å²) < 4.78 is 0. The number of halogens is 1. The van der Waals surface area contributed by atoms with E-state index in [1.54, 1.807) is 0 Å². The van der Waals surface area contributed by atoms with Crippen LogP contribution in [0.4, 0.5) is 11.4 Å². The van der Waals surface area contributed by atoms with Gasteiger partial charge in [0.15, 0.2) is 0 Å². The van der Waals surface area contributed by atoms with Crippen LogP contribution in [0.3, 0.4) is 0 Å². The first-order valence-electron chi connectivity index (χ1n) is 9.16. The van der Waals surface area contributed by atoms with E-state index in [1.165, 1.54) is 21.9 Å². The van der Waals surface area contributed by atoms with Gasteiger partial charge in [-0.15, -0.1) is 12.4 Å². The van der Waals surface area contributed by atoms with Gasteiger partial charge in [-0.25, -0.2) is 4.99 Å². The molecule has 0 bridgehead atoms. The number of hydrogen-bond acceptors (Lipinski definition) is 1. The molecule has 0 saturated carbocycles. The Morgan fingerprint density at radius 3 is 2.00 bits per heavy atom. The Hall–Kier alpha value is -3.10. The maximum atomic E-state index is 4.94. The third-order valence-electron chi connectivity index (χ3n) is 4.63. The topological polar surface area (TPSA) is 24.4 Å². The second kappa shape index (κ2) is 8.73. The molecule has 140 valence electrons. The van der Waals surface area contributed by atoms with Crippen molar-refractivity contribution < 1.29 is 0 Å². The Labute approximate surface area is 172 Å². The summed E-state index contributed by atoms with van der Waals surface area (Å²) in [4.78, 5) is 4.94. The van der Waals surface area contributed by atoms with E-state index in [-0.39, 0.29) is 12.4 Å². The second-order valence-corrected chi connectivity index (χ2v) is 6.81. The Kier molecular flexibility index (Phi) is 6.13. The summed E-state index contributed by atoms with van der Waals surface area (Å²) in [6, 6.07) is 31.4. The van der Waals surface area contributed by atoms with Crippen LogP contribution in [0.25, 0.3) is 10.8 Å². The quantitative estimate of drug-likeness (QED) is 0.295. The number of anilines is 1. The average Bonchev–Trinajstić information content (AvgIpc) is 2.70. The molecule has 0 atom stereocenters. The SMILES string of the molecule is Cc1ccc(N=C(Nc2ccc(C)cc2)c2cccc3ccccc23)cc1.Cl. The molecule has 3 heteroatoms. The van der Waals surface area contributed by atoms with E-state index >= 15 is 0 Å². The summed E-state index contributed by atoms with van der Waals surface area (Å²) in [5, 5.41) is 5.92.